The number of benzene rings is 3. The number of carbonyl (C=O) groups is 2. The molecule has 0 spiro atoms. The molecule has 188 valence electrons. The number of amides is 1. The van der Waals surface area contributed by atoms with Crippen LogP contribution in [-0.4, -0.2) is 50.1 Å². The Balaban J connectivity index is 1.73. The number of fused-ring (bicyclic) bond motifs is 1. The van der Waals surface area contributed by atoms with Crippen LogP contribution in [0, 0.1) is 0 Å². The highest BCUT2D eigenvalue weighted by Crippen LogP contribution is 2.45. The van der Waals surface area contributed by atoms with Crippen molar-refractivity contribution < 1.29 is 24.2 Å². The number of aliphatic hydroxyl groups is 1. The van der Waals surface area contributed by atoms with E-state index in [0.29, 0.717) is 28.3 Å². The van der Waals surface area contributed by atoms with Crippen LogP contribution < -0.4 is 19.3 Å². The number of aliphatic hydroxyl groups excluding tert-OH is 1. The third kappa shape index (κ3) is 3.96. The number of para-hydroxylation sites is 1. The van der Waals surface area contributed by atoms with Crippen LogP contribution in [-0.2, 0) is 9.59 Å². The molecule has 0 saturated carbocycles. The van der Waals surface area contributed by atoms with Gasteiger partial charge < -0.3 is 24.5 Å². The second-order valence-corrected chi connectivity index (χ2v) is 8.94. The number of ketones is 1. The van der Waals surface area contributed by atoms with E-state index in [9.17, 15) is 14.7 Å². The fourth-order valence-corrected chi connectivity index (χ4v) is 4.76. The molecule has 37 heavy (non-hydrogen) atoms. The predicted molar refractivity (Wildman–Crippen MR) is 143 cm³/mol. The van der Waals surface area contributed by atoms with Crippen LogP contribution >= 0.6 is 0 Å². The number of methoxy groups -OCH3 is 2. The average Bonchev–Trinajstić information content (AvgIpc) is 3.47. The molecule has 1 saturated heterocycles. The predicted octanol–water partition coefficient (Wildman–Crippen LogP) is 4.88. The van der Waals surface area contributed by atoms with Gasteiger partial charge in [-0.05, 0) is 35.9 Å². The summed E-state index contributed by atoms with van der Waals surface area (Å²) in [5, 5.41) is 12.3. The number of hydrogen-bond donors (Lipinski definition) is 2. The summed E-state index contributed by atoms with van der Waals surface area (Å²) in [6, 6.07) is 19.2. The van der Waals surface area contributed by atoms with Crippen molar-refractivity contribution in [1.29, 1.82) is 0 Å². The molecule has 1 aromatic heterocycles. The smallest absolute Gasteiger partial charge is 0.300 e. The molecule has 1 aliphatic rings. The number of carbonyl (C=O) groups excluding carboxylic acids is 2. The summed E-state index contributed by atoms with van der Waals surface area (Å²) in [6.07, 6.45) is 1.65. The highest BCUT2D eigenvalue weighted by molar-refractivity contribution is 6.51. The normalized spacial score (nSPS) is 16.9. The van der Waals surface area contributed by atoms with Crippen LogP contribution in [0.4, 0.5) is 11.4 Å². The third-order valence-electron chi connectivity index (χ3n) is 6.66. The lowest BCUT2D eigenvalue weighted by Crippen LogP contribution is -2.29. The lowest BCUT2D eigenvalue weighted by Gasteiger charge is -2.26. The van der Waals surface area contributed by atoms with Crippen LogP contribution in [0.5, 0.6) is 11.5 Å². The van der Waals surface area contributed by atoms with Crippen LogP contribution in [0.2, 0.25) is 0 Å². The van der Waals surface area contributed by atoms with Gasteiger partial charge in [0, 0.05) is 54.2 Å². The quantitative estimate of drug-likeness (QED) is 0.224. The zero-order valence-electron chi connectivity index (χ0n) is 21.0. The van der Waals surface area contributed by atoms with Gasteiger partial charge in [0.15, 0.2) is 11.5 Å². The number of anilines is 2. The Labute approximate surface area is 214 Å². The molecule has 1 atom stereocenters. The standard InChI is InChI=1S/C29H27N3O5/c1-31(2)18-11-9-17(10-12-18)26-25(27(33)21-16-30-22-8-6-5-7-20(21)22)28(34)29(35)32(26)19-13-14-23(36-3)24(15-19)37-4/h5-16,26,30,33H,1-4H3/b27-25-. The van der Waals surface area contributed by atoms with Gasteiger partial charge in [0.2, 0.25) is 0 Å². The van der Waals surface area contributed by atoms with Gasteiger partial charge in [-0.25, -0.2) is 0 Å². The van der Waals surface area contributed by atoms with E-state index >= 15 is 0 Å². The molecule has 4 aromatic rings. The number of Topliss-reactive ketones (excluding diaryl/α,β-unsaturated/α-hetero) is 1. The van der Waals surface area contributed by atoms with Gasteiger partial charge in [0.25, 0.3) is 11.7 Å². The van der Waals surface area contributed by atoms with Gasteiger partial charge in [-0.15, -0.1) is 0 Å². The molecule has 1 amide bonds. The van der Waals surface area contributed by atoms with Crippen LogP contribution in [0.1, 0.15) is 17.2 Å². The molecule has 0 bridgehead atoms. The molecule has 3 aromatic carbocycles. The SMILES string of the molecule is COc1ccc(N2C(=O)C(=O)/C(=C(\O)c3c[nH]c4ccccc34)C2c2ccc(N(C)C)cc2)cc1OC. The molecule has 8 nitrogen and oxygen atoms in total. The molecule has 5 rings (SSSR count). The van der Waals surface area contributed by atoms with Crippen molar-refractivity contribution in [2.45, 2.75) is 6.04 Å². The Morgan fingerprint density at radius 1 is 0.946 bits per heavy atom. The van der Waals surface area contributed by atoms with Gasteiger partial charge in [-0.3, -0.25) is 14.5 Å². The number of hydrogen-bond acceptors (Lipinski definition) is 6. The first-order valence-corrected chi connectivity index (χ1v) is 11.7. The fraction of sp³-hybridized carbons (Fsp3) is 0.172. The van der Waals surface area contributed by atoms with Crippen molar-refractivity contribution in [3.8, 4) is 11.5 Å². The van der Waals surface area contributed by atoms with E-state index < -0.39 is 17.7 Å². The van der Waals surface area contributed by atoms with E-state index in [0.717, 1.165) is 16.6 Å². The molecule has 0 aliphatic carbocycles. The Hall–Kier alpha value is -4.72. The average molecular weight is 498 g/mol. The minimum Gasteiger partial charge on any atom is -0.507 e. The summed E-state index contributed by atoms with van der Waals surface area (Å²) in [6.45, 7) is 0. The maximum Gasteiger partial charge on any atom is 0.300 e. The number of rotatable bonds is 6. The first-order chi connectivity index (χ1) is 17.8. The Bertz CT molecular complexity index is 1530. The van der Waals surface area contributed by atoms with Crippen molar-refractivity contribution in [3.05, 3.63) is 89.6 Å². The van der Waals surface area contributed by atoms with E-state index in [1.165, 1.54) is 19.1 Å². The van der Waals surface area contributed by atoms with Gasteiger partial charge in [-0.2, -0.15) is 0 Å². The van der Waals surface area contributed by atoms with Crippen molar-refractivity contribution in [2.24, 2.45) is 0 Å². The summed E-state index contributed by atoms with van der Waals surface area (Å²) in [5.74, 6) is -0.830. The van der Waals surface area contributed by atoms with Crippen molar-refractivity contribution in [3.63, 3.8) is 0 Å². The topological polar surface area (TPSA) is 95.1 Å². The molecule has 0 radical (unpaired) electrons. The lowest BCUT2D eigenvalue weighted by molar-refractivity contribution is -0.132. The molecule has 2 heterocycles. The molecule has 8 heteroatoms. The largest absolute Gasteiger partial charge is 0.507 e. The van der Waals surface area contributed by atoms with E-state index in [4.69, 9.17) is 9.47 Å². The zero-order chi connectivity index (χ0) is 26.3. The fourth-order valence-electron chi connectivity index (χ4n) is 4.76. The van der Waals surface area contributed by atoms with Crippen molar-refractivity contribution in [1.82, 2.24) is 4.98 Å². The first-order valence-electron chi connectivity index (χ1n) is 11.7. The maximum absolute atomic E-state index is 13.5. The van der Waals surface area contributed by atoms with Crippen LogP contribution in [0.3, 0.4) is 0 Å². The van der Waals surface area contributed by atoms with Gasteiger partial charge >= 0.3 is 0 Å². The van der Waals surface area contributed by atoms with Gasteiger partial charge in [-0.1, -0.05) is 30.3 Å². The number of aromatic amines is 1. The summed E-state index contributed by atoms with van der Waals surface area (Å²) in [7, 11) is 6.89. The molecule has 1 unspecified atom stereocenters. The third-order valence-corrected chi connectivity index (χ3v) is 6.66. The number of H-pyrrole nitrogens is 1. The first kappa shape index (κ1) is 24.0. The van der Waals surface area contributed by atoms with Crippen LogP contribution in [0.25, 0.3) is 16.7 Å². The Morgan fingerprint density at radius 3 is 2.32 bits per heavy atom. The summed E-state index contributed by atoms with van der Waals surface area (Å²) >= 11 is 0. The molecular weight excluding hydrogens is 470 g/mol. The zero-order valence-corrected chi connectivity index (χ0v) is 21.0. The van der Waals surface area contributed by atoms with Gasteiger partial charge in [0.1, 0.15) is 5.76 Å². The highest BCUT2D eigenvalue weighted by atomic mass is 16.5. The summed E-state index contributed by atoms with van der Waals surface area (Å²) < 4.78 is 10.8. The second-order valence-electron chi connectivity index (χ2n) is 8.94. The molecule has 1 fully saturated rings. The monoisotopic (exact) mass is 497 g/mol. The maximum atomic E-state index is 13.5. The molecule has 2 N–H and O–H groups in total. The van der Waals surface area contributed by atoms with Crippen molar-refractivity contribution >= 4 is 39.7 Å². The number of nitrogens with zero attached hydrogens (tertiary/aromatic N) is 2. The number of nitrogens with one attached hydrogen (secondary N) is 1. The molecular formula is C29H27N3O5. The highest BCUT2D eigenvalue weighted by Gasteiger charge is 2.47. The van der Waals surface area contributed by atoms with E-state index in [1.807, 2.05) is 67.5 Å². The number of aromatic nitrogens is 1. The minimum absolute atomic E-state index is 0.0159. The number of ether oxygens (including phenoxy) is 2. The van der Waals surface area contributed by atoms with E-state index in [-0.39, 0.29) is 11.3 Å². The Kier molecular flexibility index (Phi) is 6.09. The minimum atomic E-state index is -0.858. The van der Waals surface area contributed by atoms with Gasteiger partial charge in [0.05, 0.1) is 25.8 Å². The summed E-state index contributed by atoms with van der Waals surface area (Å²) in [4.78, 5) is 33.5. The van der Waals surface area contributed by atoms with E-state index in [2.05, 4.69) is 4.98 Å². The lowest BCUT2D eigenvalue weighted by atomic mass is 9.94. The van der Waals surface area contributed by atoms with Crippen molar-refractivity contribution in [2.75, 3.05) is 38.1 Å². The summed E-state index contributed by atoms with van der Waals surface area (Å²) in [5.41, 5.74) is 3.37. The Morgan fingerprint density at radius 2 is 1.65 bits per heavy atom. The van der Waals surface area contributed by atoms with Crippen LogP contribution in [0.15, 0.2) is 78.5 Å². The van der Waals surface area contributed by atoms with E-state index in [1.54, 1.807) is 24.4 Å². The molecule has 1 aliphatic heterocycles. The second kappa shape index (κ2) is 9.39.